The second-order valence-corrected chi connectivity index (χ2v) is 3.55. The molecule has 1 amide bonds. The predicted molar refractivity (Wildman–Crippen MR) is 42.9 cm³/mol. The summed E-state index contributed by atoms with van der Waals surface area (Å²) in [6.07, 6.45) is 0. The average Bonchev–Trinajstić information content (AvgIpc) is 1.95. The van der Waals surface area contributed by atoms with Gasteiger partial charge in [-0.1, -0.05) is 0 Å². The van der Waals surface area contributed by atoms with Crippen molar-refractivity contribution < 1.29 is 4.79 Å². The van der Waals surface area contributed by atoms with Gasteiger partial charge in [-0.2, -0.15) is 0 Å². The third-order valence-corrected chi connectivity index (χ3v) is 2.80. The van der Waals surface area contributed by atoms with E-state index < -0.39 is 0 Å². The lowest BCUT2D eigenvalue weighted by atomic mass is 10.5. The number of carbonyl (C=O) groups excluding carboxylic acids is 1. The van der Waals surface area contributed by atoms with Crippen molar-refractivity contribution in [3.63, 3.8) is 0 Å². The van der Waals surface area contributed by atoms with E-state index in [0.717, 1.165) is 6.54 Å². The van der Waals surface area contributed by atoms with Crippen LogP contribution in [0.1, 0.15) is 0 Å². The Bertz CT molecular complexity index is 140. The molecule has 3 nitrogen and oxygen atoms in total. The SMILES string of the molecule is CNC1CN(C)C(=O)CS1. The summed E-state index contributed by atoms with van der Waals surface area (Å²) in [5, 5.41) is 3.54. The average molecular weight is 160 g/mol. The third kappa shape index (κ3) is 1.64. The molecule has 0 spiro atoms. The highest BCUT2D eigenvalue weighted by Gasteiger charge is 2.21. The maximum atomic E-state index is 10.9. The van der Waals surface area contributed by atoms with Crippen LogP contribution in [0.2, 0.25) is 0 Å². The fourth-order valence-corrected chi connectivity index (χ4v) is 1.92. The molecule has 0 bridgehead atoms. The second kappa shape index (κ2) is 3.25. The van der Waals surface area contributed by atoms with Crippen LogP contribution in [0.3, 0.4) is 0 Å². The van der Waals surface area contributed by atoms with Crippen molar-refractivity contribution in [3.8, 4) is 0 Å². The van der Waals surface area contributed by atoms with Gasteiger partial charge in [-0.3, -0.25) is 4.79 Å². The monoisotopic (exact) mass is 160 g/mol. The van der Waals surface area contributed by atoms with Crippen LogP contribution in [0.4, 0.5) is 0 Å². The number of rotatable bonds is 1. The molecule has 10 heavy (non-hydrogen) atoms. The molecule has 0 saturated carbocycles. The number of likely N-dealkylation sites (N-methyl/N-ethyl adjacent to an activating group) is 2. The minimum absolute atomic E-state index is 0.233. The third-order valence-electron chi connectivity index (χ3n) is 1.60. The standard InChI is InChI=1S/C6H12N2OS/c1-7-5-3-8(2)6(9)4-10-5/h5,7H,3-4H2,1-2H3. The molecule has 1 aliphatic rings. The molecule has 1 heterocycles. The van der Waals surface area contributed by atoms with Crippen LogP contribution in [0, 0.1) is 0 Å². The molecule has 1 N–H and O–H groups in total. The fourth-order valence-electron chi connectivity index (χ4n) is 0.860. The first-order valence-corrected chi connectivity index (χ1v) is 4.31. The minimum Gasteiger partial charge on any atom is -0.343 e. The quantitative estimate of drug-likeness (QED) is 0.573. The molecular weight excluding hydrogens is 148 g/mol. The van der Waals surface area contributed by atoms with Gasteiger partial charge in [0.1, 0.15) is 0 Å². The molecule has 1 atom stereocenters. The molecule has 58 valence electrons. The Morgan fingerprint density at radius 2 is 2.50 bits per heavy atom. The smallest absolute Gasteiger partial charge is 0.232 e. The molecule has 0 aliphatic carbocycles. The van der Waals surface area contributed by atoms with E-state index in [1.54, 1.807) is 16.7 Å². The van der Waals surface area contributed by atoms with E-state index in [9.17, 15) is 4.79 Å². The molecule has 0 aromatic carbocycles. The van der Waals surface area contributed by atoms with Crippen molar-refractivity contribution in [2.75, 3.05) is 26.4 Å². The van der Waals surface area contributed by atoms with Gasteiger partial charge in [0.05, 0.1) is 11.1 Å². The van der Waals surface area contributed by atoms with Crippen LogP contribution in [0.5, 0.6) is 0 Å². The van der Waals surface area contributed by atoms with E-state index in [4.69, 9.17) is 0 Å². The second-order valence-electron chi connectivity index (χ2n) is 2.36. The lowest BCUT2D eigenvalue weighted by Crippen LogP contribution is -2.44. The summed E-state index contributed by atoms with van der Waals surface area (Å²) in [4.78, 5) is 12.7. The van der Waals surface area contributed by atoms with Gasteiger partial charge in [0.25, 0.3) is 0 Å². The number of carbonyl (C=O) groups is 1. The van der Waals surface area contributed by atoms with Gasteiger partial charge in [-0.15, -0.1) is 11.8 Å². The molecular formula is C6H12N2OS. The summed E-state index contributed by atoms with van der Waals surface area (Å²) < 4.78 is 0. The van der Waals surface area contributed by atoms with Gasteiger partial charge in [0, 0.05) is 13.6 Å². The largest absolute Gasteiger partial charge is 0.343 e. The summed E-state index contributed by atoms with van der Waals surface area (Å²) in [7, 11) is 3.76. The van der Waals surface area contributed by atoms with E-state index in [2.05, 4.69) is 5.32 Å². The van der Waals surface area contributed by atoms with Crippen LogP contribution in [0.25, 0.3) is 0 Å². The van der Waals surface area contributed by atoms with Gasteiger partial charge in [0.2, 0.25) is 5.91 Å². The Kier molecular flexibility index (Phi) is 2.56. The molecule has 0 radical (unpaired) electrons. The van der Waals surface area contributed by atoms with Crippen LogP contribution < -0.4 is 5.32 Å². The van der Waals surface area contributed by atoms with E-state index >= 15 is 0 Å². The summed E-state index contributed by atoms with van der Waals surface area (Å²) in [5.41, 5.74) is 0. The first-order valence-electron chi connectivity index (χ1n) is 3.27. The maximum absolute atomic E-state index is 10.9. The number of amides is 1. The highest BCUT2D eigenvalue weighted by Crippen LogP contribution is 2.14. The first-order chi connectivity index (χ1) is 4.74. The van der Waals surface area contributed by atoms with Gasteiger partial charge in [-0.05, 0) is 7.05 Å². The van der Waals surface area contributed by atoms with Gasteiger partial charge < -0.3 is 10.2 Å². The molecule has 1 unspecified atom stereocenters. The Morgan fingerprint density at radius 3 is 3.00 bits per heavy atom. The van der Waals surface area contributed by atoms with Crippen molar-refractivity contribution in [1.82, 2.24) is 10.2 Å². The molecule has 0 aromatic heterocycles. The Morgan fingerprint density at radius 1 is 1.80 bits per heavy atom. The molecule has 0 aromatic rings. The van der Waals surface area contributed by atoms with Crippen molar-refractivity contribution in [1.29, 1.82) is 0 Å². The maximum Gasteiger partial charge on any atom is 0.232 e. The summed E-state index contributed by atoms with van der Waals surface area (Å²) in [6.45, 7) is 0.819. The van der Waals surface area contributed by atoms with Gasteiger partial charge >= 0.3 is 0 Å². The number of nitrogens with zero attached hydrogens (tertiary/aromatic N) is 1. The van der Waals surface area contributed by atoms with Crippen LogP contribution in [-0.2, 0) is 4.79 Å². The van der Waals surface area contributed by atoms with E-state index in [1.807, 2.05) is 14.1 Å². The summed E-state index contributed by atoms with van der Waals surface area (Å²) in [5.74, 6) is 0.846. The molecule has 1 rings (SSSR count). The number of hydrogen-bond donors (Lipinski definition) is 1. The molecule has 1 saturated heterocycles. The lowest BCUT2D eigenvalue weighted by molar-refractivity contribution is -0.127. The normalized spacial score (nSPS) is 27.2. The van der Waals surface area contributed by atoms with Crippen LogP contribution in [-0.4, -0.2) is 42.6 Å². The zero-order chi connectivity index (χ0) is 7.56. The molecule has 1 fully saturated rings. The summed E-state index contributed by atoms with van der Waals surface area (Å²) >= 11 is 1.67. The topological polar surface area (TPSA) is 32.3 Å². The van der Waals surface area contributed by atoms with E-state index in [-0.39, 0.29) is 5.91 Å². The fraction of sp³-hybridized carbons (Fsp3) is 0.833. The number of hydrogen-bond acceptors (Lipinski definition) is 3. The highest BCUT2D eigenvalue weighted by molar-refractivity contribution is 8.00. The zero-order valence-electron chi connectivity index (χ0n) is 6.26. The van der Waals surface area contributed by atoms with E-state index in [1.165, 1.54) is 0 Å². The minimum atomic E-state index is 0.233. The van der Waals surface area contributed by atoms with Gasteiger partial charge in [-0.25, -0.2) is 0 Å². The van der Waals surface area contributed by atoms with E-state index in [0.29, 0.717) is 11.1 Å². The van der Waals surface area contributed by atoms with Crippen molar-refractivity contribution in [2.24, 2.45) is 0 Å². The highest BCUT2D eigenvalue weighted by atomic mass is 32.2. The Hall–Kier alpha value is -0.220. The van der Waals surface area contributed by atoms with Crippen LogP contribution >= 0.6 is 11.8 Å². The zero-order valence-corrected chi connectivity index (χ0v) is 7.07. The Balaban J connectivity index is 2.40. The number of nitrogens with one attached hydrogen (secondary N) is 1. The van der Waals surface area contributed by atoms with Gasteiger partial charge in [0.15, 0.2) is 0 Å². The summed E-state index contributed by atoms with van der Waals surface area (Å²) in [6, 6.07) is 0. The lowest BCUT2D eigenvalue weighted by Gasteiger charge is -2.28. The first kappa shape index (κ1) is 7.88. The number of thioether (sulfide) groups is 1. The van der Waals surface area contributed by atoms with Crippen molar-refractivity contribution >= 4 is 17.7 Å². The molecule has 1 aliphatic heterocycles. The predicted octanol–water partition coefficient (Wildman–Crippen LogP) is -0.263. The van der Waals surface area contributed by atoms with Crippen LogP contribution in [0.15, 0.2) is 0 Å². The molecule has 4 heteroatoms. The Labute approximate surface area is 65.2 Å². The van der Waals surface area contributed by atoms with Crippen molar-refractivity contribution in [3.05, 3.63) is 0 Å². The van der Waals surface area contributed by atoms with Crippen molar-refractivity contribution in [2.45, 2.75) is 5.37 Å².